The summed E-state index contributed by atoms with van der Waals surface area (Å²) in [7, 11) is 0. The number of halogens is 5. The number of hydrogen-bond acceptors (Lipinski definition) is 2. The van der Waals surface area contributed by atoms with Gasteiger partial charge in [-0.1, -0.05) is 23.2 Å². The Morgan fingerprint density at radius 1 is 1.16 bits per heavy atom. The zero-order valence-electron chi connectivity index (χ0n) is 9.08. The van der Waals surface area contributed by atoms with Crippen molar-refractivity contribution >= 4 is 29.5 Å². The van der Waals surface area contributed by atoms with Crippen LogP contribution < -0.4 is 0 Å². The van der Waals surface area contributed by atoms with Crippen molar-refractivity contribution < 1.29 is 18.0 Å². The molecule has 2 rings (SSSR count). The van der Waals surface area contributed by atoms with E-state index in [1.54, 1.807) is 0 Å². The SMILES string of the molecule is O=Cc1cc(C(F)(F)F)n(-c2ccc(Cl)c(Cl)c2)n1. The number of rotatable bonds is 2. The van der Waals surface area contributed by atoms with Gasteiger partial charge in [0.25, 0.3) is 0 Å². The number of benzene rings is 1. The highest BCUT2D eigenvalue weighted by Crippen LogP contribution is 2.32. The van der Waals surface area contributed by atoms with Crippen LogP contribution in [-0.2, 0) is 6.18 Å². The van der Waals surface area contributed by atoms with Crippen molar-refractivity contribution in [1.29, 1.82) is 0 Å². The van der Waals surface area contributed by atoms with Crippen molar-refractivity contribution in [1.82, 2.24) is 9.78 Å². The molecule has 0 saturated carbocycles. The van der Waals surface area contributed by atoms with Crippen molar-refractivity contribution in [2.75, 3.05) is 0 Å². The fraction of sp³-hybridized carbons (Fsp3) is 0.0909. The molecule has 0 fully saturated rings. The fourth-order valence-corrected chi connectivity index (χ4v) is 1.76. The lowest BCUT2D eigenvalue weighted by molar-refractivity contribution is -0.142. The molecule has 8 heteroatoms. The molecular formula is C11H5Cl2F3N2O. The Balaban J connectivity index is 2.63. The molecule has 1 heterocycles. The summed E-state index contributed by atoms with van der Waals surface area (Å²) < 4.78 is 39.1. The maximum atomic E-state index is 12.8. The van der Waals surface area contributed by atoms with Crippen LogP contribution in [0.25, 0.3) is 5.69 Å². The van der Waals surface area contributed by atoms with E-state index in [9.17, 15) is 18.0 Å². The quantitative estimate of drug-likeness (QED) is 0.786. The first-order valence-corrected chi connectivity index (χ1v) is 5.66. The van der Waals surface area contributed by atoms with Crippen LogP contribution in [0.3, 0.4) is 0 Å². The molecule has 0 aliphatic heterocycles. The second-order valence-electron chi connectivity index (χ2n) is 3.58. The van der Waals surface area contributed by atoms with Crippen molar-refractivity contribution in [3.05, 3.63) is 45.7 Å². The molecule has 2 aromatic rings. The van der Waals surface area contributed by atoms with Gasteiger partial charge >= 0.3 is 6.18 Å². The molecule has 0 N–H and O–H groups in total. The Morgan fingerprint density at radius 2 is 1.84 bits per heavy atom. The molecule has 1 aromatic carbocycles. The molecule has 19 heavy (non-hydrogen) atoms. The van der Waals surface area contributed by atoms with Gasteiger partial charge in [0.1, 0.15) is 11.4 Å². The van der Waals surface area contributed by atoms with Crippen LogP contribution >= 0.6 is 23.2 Å². The van der Waals surface area contributed by atoms with Gasteiger partial charge in [-0.3, -0.25) is 4.79 Å². The Bertz CT molecular complexity index is 637. The third-order valence-electron chi connectivity index (χ3n) is 2.29. The van der Waals surface area contributed by atoms with Crippen LogP contribution in [0.1, 0.15) is 16.2 Å². The minimum Gasteiger partial charge on any atom is -0.296 e. The molecule has 0 amide bonds. The van der Waals surface area contributed by atoms with Gasteiger partial charge < -0.3 is 0 Å². The van der Waals surface area contributed by atoms with E-state index in [1.165, 1.54) is 18.2 Å². The van der Waals surface area contributed by atoms with Gasteiger partial charge in [0.15, 0.2) is 6.29 Å². The largest absolute Gasteiger partial charge is 0.433 e. The Kier molecular flexibility index (Phi) is 3.56. The van der Waals surface area contributed by atoms with Gasteiger partial charge in [-0.25, -0.2) is 4.68 Å². The smallest absolute Gasteiger partial charge is 0.296 e. The lowest BCUT2D eigenvalue weighted by Crippen LogP contribution is -2.13. The normalized spacial score (nSPS) is 11.6. The minimum absolute atomic E-state index is 0.0647. The van der Waals surface area contributed by atoms with E-state index in [0.717, 1.165) is 0 Å². The van der Waals surface area contributed by atoms with Gasteiger partial charge in [0.2, 0.25) is 0 Å². The maximum absolute atomic E-state index is 12.8. The van der Waals surface area contributed by atoms with Crippen LogP contribution in [0.15, 0.2) is 24.3 Å². The van der Waals surface area contributed by atoms with E-state index in [1.807, 2.05) is 0 Å². The summed E-state index contributed by atoms with van der Waals surface area (Å²) in [5.41, 5.74) is -1.32. The van der Waals surface area contributed by atoms with E-state index in [4.69, 9.17) is 23.2 Å². The lowest BCUT2D eigenvalue weighted by atomic mass is 10.3. The van der Waals surface area contributed by atoms with Crippen molar-refractivity contribution in [2.24, 2.45) is 0 Å². The van der Waals surface area contributed by atoms with Gasteiger partial charge in [-0.2, -0.15) is 18.3 Å². The van der Waals surface area contributed by atoms with Crippen LogP contribution in [-0.4, -0.2) is 16.1 Å². The molecule has 100 valence electrons. The average Bonchev–Trinajstić information content (AvgIpc) is 2.76. The monoisotopic (exact) mass is 308 g/mol. The highest BCUT2D eigenvalue weighted by atomic mass is 35.5. The summed E-state index contributed by atoms with van der Waals surface area (Å²) >= 11 is 11.4. The maximum Gasteiger partial charge on any atom is 0.433 e. The van der Waals surface area contributed by atoms with Crippen LogP contribution in [0.5, 0.6) is 0 Å². The van der Waals surface area contributed by atoms with Gasteiger partial charge in [0, 0.05) is 0 Å². The summed E-state index contributed by atoms with van der Waals surface area (Å²) in [5.74, 6) is 0. The molecular weight excluding hydrogens is 304 g/mol. The summed E-state index contributed by atoms with van der Waals surface area (Å²) in [6.45, 7) is 0. The first kappa shape index (κ1) is 13.9. The molecule has 3 nitrogen and oxygen atoms in total. The molecule has 0 bridgehead atoms. The van der Waals surface area contributed by atoms with E-state index in [0.29, 0.717) is 10.7 Å². The minimum atomic E-state index is -4.64. The molecule has 0 unspecified atom stereocenters. The Hall–Kier alpha value is -1.53. The van der Waals surface area contributed by atoms with Crippen LogP contribution in [0.2, 0.25) is 10.0 Å². The predicted octanol–water partition coefficient (Wildman–Crippen LogP) is 4.01. The molecule has 0 radical (unpaired) electrons. The number of carbonyl (C=O) groups is 1. The van der Waals surface area contributed by atoms with E-state index < -0.39 is 11.9 Å². The number of hydrogen-bond donors (Lipinski definition) is 0. The second kappa shape index (κ2) is 4.86. The standard InChI is InChI=1S/C11H5Cl2F3N2O/c12-8-2-1-7(4-9(8)13)18-10(11(14,15)16)3-6(5-19)17-18/h1-5H. The lowest BCUT2D eigenvalue weighted by Gasteiger charge is -2.10. The zero-order chi connectivity index (χ0) is 14.2. The Morgan fingerprint density at radius 3 is 2.37 bits per heavy atom. The number of aldehydes is 1. The fourth-order valence-electron chi connectivity index (χ4n) is 1.47. The summed E-state index contributed by atoms with van der Waals surface area (Å²) in [6, 6.07) is 4.57. The third kappa shape index (κ3) is 2.74. The van der Waals surface area contributed by atoms with Gasteiger partial charge in [-0.05, 0) is 24.3 Å². The van der Waals surface area contributed by atoms with E-state index in [2.05, 4.69) is 5.10 Å². The summed E-state index contributed by atoms with van der Waals surface area (Å²) in [5, 5.41) is 3.87. The number of aromatic nitrogens is 2. The summed E-state index contributed by atoms with van der Waals surface area (Å²) in [6.07, 6.45) is -4.40. The molecule has 0 saturated heterocycles. The molecule has 0 spiro atoms. The molecule has 0 aliphatic carbocycles. The highest BCUT2D eigenvalue weighted by Gasteiger charge is 2.36. The van der Waals surface area contributed by atoms with Crippen LogP contribution in [0.4, 0.5) is 13.2 Å². The molecule has 0 atom stereocenters. The number of nitrogens with zero attached hydrogens (tertiary/aromatic N) is 2. The predicted molar refractivity (Wildman–Crippen MR) is 64.0 cm³/mol. The number of carbonyl (C=O) groups excluding carboxylic acids is 1. The van der Waals surface area contributed by atoms with Crippen molar-refractivity contribution in [2.45, 2.75) is 6.18 Å². The van der Waals surface area contributed by atoms with E-state index in [-0.39, 0.29) is 27.7 Å². The first-order valence-electron chi connectivity index (χ1n) is 4.91. The second-order valence-corrected chi connectivity index (χ2v) is 4.39. The highest BCUT2D eigenvalue weighted by molar-refractivity contribution is 6.42. The van der Waals surface area contributed by atoms with Crippen LogP contribution in [0, 0.1) is 0 Å². The topological polar surface area (TPSA) is 34.9 Å². The van der Waals surface area contributed by atoms with Gasteiger partial charge in [-0.15, -0.1) is 0 Å². The zero-order valence-corrected chi connectivity index (χ0v) is 10.6. The first-order chi connectivity index (χ1) is 8.82. The van der Waals surface area contributed by atoms with Gasteiger partial charge in [0.05, 0.1) is 15.7 Å². The van der Waals surface area contributed by atoms with Crippen molar-refractivity contribution in [3.63, 3.8) is 0 Å². The average molecular weight is 309 g/mol. The van der Waals surface area contributed by atoms with E-state index >= 15 is 0 Å². The Labute approximate surface area is 115 Å². The molecule has 1 aromatic heterocycles. The van der Waals surface area contributed by atoms with Crippen molar-refractivity contribution in [3.8, 4) is 5.69 Å². The number of alkyl halides is 3. The third-order valence-corrected chi connectivity index (χ3v) is 3.03. The summed E-state index contributed by atoms with van der Waals surface area (Å²) in [4.78, 5) is 10.6. The molecule has 0 aliphatic rings.